The fourth-order valence-electron chi connectivity index (χ4n) is 4.59. The van der Waals surface area contributed by atoms with Crippen molar-refractivity contribution in [3.05, 3.63) is 30.1 Å². The van der Waals surface area contributed by atoms with Crippen molar-refractivity contribution in [2.75, 3.05) is 52.5 Å². The Balaban J connectivity index is 1.68. The molecule has 6 nitrogen and oxygen atoms in total. The number of piperazine rings is 1. The summed E-state index contributed by atoms with van der Waals surface area (Å²) in [5.41, 5.74) is -0.282. The smallest absolute Gasteiger partial charge is 0.201 e. The third kappa shape index (κ3) is 5.63. The minimum atomic E-state index is -0.531. The van der Waals surface area contributed by atoms with Crippen LogP contribution in [0.2, 0.25) is 0 Å². The van der Waals surface area contributed by atoms with E-state index < -0.39 is 5.54 Å². The van der Waals surface area contributed by atoms with Crippen molar-refractivity contribution in [3.63, 3.8) is 0 Å². The van der Waals surface area contributed by atoms with Crippen LogP contribution in [0.5, 0.6) is 0 Å². The quantitative estimate of drug-likeness (QED) is 0.491. The fourth-order valence-corrected chi connectivity index (χ4v) is 4.59. The van der Waals surface area contributed by atoms with E-state index in [1.165, 1.54) is 0 Å². The fraction of sp³-hybridized carbons (Fsp3) is 0.739. The lowest BCUT2D eigenvalue weighted by Crippen LogP contribution is -2.65. The van der Waals surface area contributed by atoms with Gasteiger partial charge in [-0.25, -0.2) is 0 Å². The third-order valence-corrected chi connectivity index (χ3v) is 6.03. The van der Waals surface area contributed by atoms with Gasteiger partial charge in [0.15, 0.2) is 0 Å². The first-order valence-electron chi connectivity index (χ1n) is 11.0. The molecule has 0 aliphatic carbocycles. The molecule has 2 aliphatic heterocycles. The Labute approximate surface area is 175 Å². The normalized spacial score (nSPS) is 26.0. The molecule has 0 saturated carbocycles. The van der Waals surface area contributed by atoms with Gasteiger partial charge in [-0.05, 0) is 38.3 Å². The Kier molecular flexibility index (Phi) is 7.43. The maximum Gasteiger partial charge on any atom is 0.201 e. The largest absolute Gasteiger partial charge is 0.380 e. The molecule has 6 heteroatoms. The second kappa shape index (κ2) is 9.65. The van der Waals surface area contributed by atoms with Crippen LogP contribution in [-0.2, 0) is 9.47 Å². The first-order chi connectivity index (χ1) is 13.8. The van der Waals surface area contributed by atoms with Crippen LogP contribution < -0.4 is 0 Å². The molecule has 3 heterocycles. The highest BCUT2D eigenvalue weighted by Crippen LogP contribution is 2.39. The predicted molar refractivity (Wildman–Crippen MR) is 114 cm³/mol. The molecule has 1 aromatic rings. The number of ketones is 1. The Morgan fingerprint density at radius 3 is 2.62 bits per heavy atom. The summed E-state index contributed by atoms with van der Waals surface area (Å²) in [6.45, 7) is 15.4. The van der Waals surface area contributed by atoms with Crippen LogP contribution in [0.4, 0.5) is 0 Å². The number of rotatable bonds is 8. The van der Waals surface area contributed by atoms with Crippen LogP contribution in [0.3, 0.4) is 0 Å². The molecule has 0 radical (unpaired) electrons. The van der Waals surface area contributed by atoms with E-state index in [0.29, 0.717) is 24.6 Å². The number of pyridine rings is 1. The Morgan fingerprint density at radius 1 is 1.24 bits per heavy atom. The lowest BCUT2D eigenvalue weighted by atomic mass is 9.75. The van der Waals surface area contributed by atoms with E-state index >= 15 is 0 Å². The zero-order valence-corrected chi connectivity index (χ0v) is 18.5. The molecule has 1 aromatic heterocycles. The van der Waals surface area contributed by atoms with Gasteiger partial charge in [0.05, 0.1) is 17.7 Å². The second-order valence-electron chi connectivity index (χ2n) is 9.41. The first-order valence-corrected chi connectivity index (χ1v) is 11.0. The van der Waals surface area contributed by atoms with Crippen molar-refractivity contribution < 1.29 is 14.3 Å². The van der Waals surface area contributed by atoms with Crippen LogP contribution in [-0.4, -0.2) is 84.3 Å². The zero-order valence-electron chi connectivity index (χ0n) is 18.5. The number of hydrogen-bond acceptors (Lipinski definition) is 6. The highest BCUT2D eigenvalue weighted by molar-refractivity contribution is 6.02. The molecule has 1 atom stereocenters. The van der Waals surface area contributed by atoms with Crippen molar-refractivity contribution in [3.8, 4) is 0 Å². The average Bonchev–Trinajstić information content (AvgIpc) is 2.71. The van der Waals surface area contributed by atoms with Gasteiger partial charge in [-0.15, -0.1) is 0 Å². The number of nitrogens with zero attached hydrogens (tertiary/aromatic N) is 3. The van der Waals surface area contributed by atoms with Crippen LogP contribution in [0.15, 0.2) is 24.4 Å². The van der Waals surface area contributed by atoms with Gasteiger partial charge in [-0.2, -0.15) is 0 Å². The molecule has 3 rings (SSSR count). The molecular weight excluding hydrogens is 366 g/mol. The number of Topliss-reactive ketones (excluding diaryl/α,β-unsaturated/α-hetero) is 1. The van der Waals surface area contributed by atoms with Gasteiger partial charge >= 0.3 is 0 Å². The minimum absolute atomic E-state index is 0.142. The maximum atomic E-state index is 13.7. The van der Waals surface area contributed by atoms with Crippen molar-refractivity contribution in [1.82, 2.24) is 14.8 Å². The SMILES string of the molecule is CC(C)COCCN1CCN([C@@]2(C(=O)c3ccccn3)CCOC(C)(C)C2)CC1. The Bertz CT molecular complexity index is 657. The highest BCUT2D eigenvalue weighted by Gasteiger charge is 2.51. The van der Waals surface area contributed by atoms with Crippen LogP contribution in [0, 0.1) is 5.92 Å². The summed E-state index contributed by atoms with van der Waals surface area (Å²) in [6, 6.07) is 5.60. The molecule has 0 bridgehead atoms. The molecule has 162 valence electrons. The highest BCUT2D eigenvalue weighted by atomic mass is 16.5. The van der Waals surface area contributed by atoms with Crippen LogP contribution >= 0.6 is 0 Å². The number of carbonyl (C=O) groups is 1. The molecule has 2 saturated heterocycles. The molecule has 29 heavy (non-hydrogen) atoms. The van der Waals surface area contributed by atoms with Gasteiger partial charge in [0, 0.05) is 58.6 Å². The van der Waals surface area contributed by atoms with Crippen molar-refractivity contribution in [2.24, 2.45) is 5.92 Å². The van der Waals surface area contributed by atoms with E-state index in [-0.39, 0.29) is 11.4 Å². The molecule has 0 spiro atoms. The molecule has 0 aromatic carbocycles. The summed E-state index contributed by atoms with van der Waals surface area (Å²) in [7, 11) is 0. The van der Waals surface area contributed by atoms with E-state index in [2.05, 4.69) is 42.5 Å². The topological polar surface area (TPSA) is 54.9 Å². The summed E-state index contributed by atoms with van der Waals surface area (Å²) in [4.78, 5) is 22.9. The van der Waals surface area contributed by atoms with Gasteiger partial charge in [0.1, 0.15) is 5.69 Å². The molecule has 0 N–H and O–H groups in total. The van der Waals surface area contributed by atoms with Gasteiger partial charge < -0.3 is 9.47 Å². The number of hydrogen-bond donors (Lipinski definition) is 0. The maximum absolute atomic E-state index is 13.7. The van der Waals surface area contributed by atoms with Crippen molar-refractivity contribution in [2.45, 2.75) is 51.7 Å². The Morgan fingerprint density at radius 2 is 2.00 bits per heavy atom. The molecular formula is C23H37N3O3. The zero-order chi connectivity index (χ0) is 20.9. The Hall–Kier alpha value is -1.34. The number of ether oxygens (including phenoxy) is 2. The summed E-state index contributed by atoms with van der Waals surface area (Å²) in [5.74, 6) is 0.712. The summed E-state index contributed by atoms with van der Waals surface area (Å²) < 4.78 is 11.7. The monoisotopic (exact) mass is 403 g/mol. The molecule has 2 fully saturated rings. The standard InChI is InChI=1S/C23H37N3O3/c1-19(2)17-28-16-14-25-10-12-26(13-11-25)23(8-15-29-22(3,4)18-23)21(27)20-7-5-6-9-24-20/h5-7,9,19H,8,10-18H2,1-4H3/t23-/m0/s1. The lowest BCUT2D eigenvalue weighted by molar-refractivity contribution is -0.113. The van der Waals surface area contributed by atoms with Crippen molar-refractivity contribution in [1.29, 1.82) is 0 Å². The second-order valence-corrected chi connectivity index (χ2v) is 9.41. The number of carbonyl (C=O) groups excluding carboxylic acids is 1. The van der Waals surface area contributed by atoms with E-state index in [1.54, 1.807) is 6.20 Å². The van der Waals surface area contributed by atoms with Gasteiger partial charge in [-0.1, -0.05) is 19.9 Å². The third-order valence-electron chi connectivity index (χ3n) is 6.03. The average molecular weight is 404 g/mol. The molecule has 2 aliphatic rings. The van der Waals surface area contributed by atoms with Crippen molar-refractivity contribution >= 4 is 5.78 Å². The van der Waals surface area contributed by atoms with Crippen LogP contribution in [0.25, 0.3) is 0 Å². The van der Waals surface area contributed by atoms with E-state index in [0.717, 1.165) is 52.4 Å². The van der Waals surface area contributed by atoms with Gasteiger partial charge in [-0.3, -0.25) is 19.6 Å². The van der Waals surface area contributed by atoms with E-state index in [1.807, 2.05) is 18.2 Å². The summed E-state index contributed by atoms with van der Waals surface area (Å²) in [5, 5.41) is 0. The van der Waals surface area contributed by atoms with E-state index in [9.17, 15) is 4.79 Å². The predicted octanol–water partition coefficient (Wildman–Crippen LogP) is 2.88. The number of aromatic nitrogens is 1. The van der Waals surface area contributed by atoms with Crippen LogP contribution in [0.1, 0.15) is 51.0 Å². The lowest BCUT2D eigenvalue weighted by Gasteiger charge is -2.52. The molecule has 0 unspecified atom stereocenters. The summed E-state index contributed by atoms with van der Waals surface area (Å²) >= 11 is 0. The molecule has 0 amide bonds. The minimum Gasteiger partial charge on any atom is -0.380 e. The van der Waals surface area contributed by atoms with Gasteiger partial charge in [0.25, 0.3) is 0 Å². The van der Waals surface area contributed by atoms with Gasteiger partial charge in [0.2, 0.25) is 5.78 Å². The first kappa shape index (κ1) is 22.3. The van der Waals surface area contributed by atoms with E-state index in [4.69, 9.17) is 9.47 Å². The summed E-state index contributed by atoms with van der Waals surface area (Å²) in [6.07, 6.45) is 3.14.